The summed E-state index contributed by atoms with van der Waals surface area (Å²) in [6.07, 6.45) is 1.78. The lowest BCUT2D eigenvalue weighted by atomic mass is 9.96. The van der Waals surface area contributed by atoms with Gasteiger partial charge in [-0.15, -0.1) is 24.0 Å². The van der Waals surface area contributed by atoms with Crippen LogP contribution in [0, 0.1) is 11.3 Å². The van der Waals surface area contributed by atoms with Gasteiger partial charge in [0.15, 0.2) is 5.96 Å². The molecule has 1 heterocycles. The zero-order valence-corrected chi connectivity index (χ0v) is 23.7. The number of amides is 2. The number of hydrogen-bond donors (Lipinski definition) is 2. The van der Waals surface area contributed by atoms with E-state index in [2.05, 4.69) is 22.5 Å². The van der Waals surface area contributed by atoms with Crippen LogP contribution in [0.5, 0.6) is 0 Å². The van der Waals surface area contributed by atoms with Crippen molar-refractivity contribution in [3.05, 3.63) is 0 Å². The van der Waals surface area contributed by atoms with Crippen molar-refractivity contribution in [3.8, 4) is 0 Å². The fourth-order valence-corrected chi connectivity index (χ4v) is 3.32. The molecule has 0 radical (unpaired) electrons. The third-order valence-electron chi connectivity index (χ3n) is 5.10. The first-order valence-electron chi connectivity index (χ1n) is 11.7. The van der Waals surface area contributed by atoms with Crippen molar-refractivity contribution in [2.24, 2.45) is 16.3 Å². The van der Waals surface area contributed by atoms with E-state index >= 15 is 0 Å². The van der Waals surface area contributed by atoms with Gasteiger partial charge in [0.05, 0.1) is 6.54 Å². The third kappa shape index (κ3) is 11.6. The Morgan fingerprint density at radius 2 is 1.66 bits per heavy atom. The van der Waals surface area contributed by atoms with Gasteiger partial charge in [0.1, 0.15) is 5.60 Å². The summed E-state index contributed by atoms with van der Waals surface area (Å²) < 4.78 is 5.53. The van der Waals surface area contributed by atoms with Gasteiger partial charge in [-0.1, -0.05) is 20.8 Å². The van der Waals surface area contributed by atoms with Crippen molar-refractivity contribution in [2.75, 3.05) is 45.8 Å². The standard InChI is InChI=1S/C23H45N5O3.HI/c1-9-24-20(26-14-13-25-19(29)22(3,4)5)28-15-11-18(12-16-28)17-27(10-2)21(30)31-23(6,7)8;/h18H,9-17H2,1-8H3,(H,24,26)(H,25,29);1H. The number of carbonyl (C=O) groups excluding carboxylic acids is 2. The molecule has 32 heavy (non-hydrogen) atoms. The molecule has 8 nitrogen and oxygen atoms in total. The number of nitrogens with zero attached hydrogens (tertiary/aromatic N) is 3. The minimum Gasteiger partial charge on any atom is -0.444 e. The van der Waals surface area contributed by atoms with Crippen molar-refractivity contribution in [1.29, 1.82) is 0 Å². The fourth-order valence-electron chi connectivity index (χ4n) is 3.32. The Bertz CT molecular complexity index is 606. The Balaban J connectivity index is 0.00000961. The van der Waals surface area contributed by atoms with E-state index in [0.717, 1.165) is 45.0 Å². The van der Waals surface area contributed by atoms with Gasteiger partial charge in [0.25, 0.3) is 0 Å². The zero-order chi connectivity index (χ0) is 23.7. The number of nitrogens with one attached hydrogen (secondary N) is 2. The highest BCUT2D eigenvalue weighted by Crippen LogP contribution is 2.20. The fraction of sp³-hybridized carbons (Fsp3) is 0.870. The summed E-state index contributed by atoms with van der Waals surface area (Å²) in [4.78, 5) is 33.2. The minimum atomic E-state index is -0.475. The van der Waals surface area contributed by atoms with Crippen LogP contribution >= 0.6 is 24.0 Å². The van der Waals surface area contributed by atoms with Gasteiger partial charge in [-0.05, 0) is 53.4 Å². The molecule has 0 aromatic heterocycles. The highest BCUT2D eigenvalue weighted by atomic mass is 127. The lowest BCUT2D eigenvalue weighted by molar-refractivity contribution is -0.128. The van der Waals surface area contributed by atoms with Crippen LogP contribution in [0.15, 0.2) is 4.99 Å². The van der Waals surface area contributed by atoms with Gasteiger partial charge in [-0.3, -0.25) is 9.79 Å². The van der Waals surface area contributed by atoms with Crippen LogP contribution in [0.1, 0.15) is 68.2 Å². The van der Waals surface area contributed by atoms with Gasteiger partial charge < -0.3 is 25.2 Å². The van der Waals surface area contributed by atoms with Crippen molar-refractivity contribution >= 4 is 41.9 Å². The first-order valence-corrected chi connectivity index (χ1v) is 11.7. The predicted molar refractivity (Wildman–Crippen MR) is 142 cm³/mol. The second-order valence-corrected chi connectivity index (χ2v) is 10.2. The Hall–Kier alpha value is -1.26. The smallest absolute Gasteiger partial charge is 0.410 e. The van der Waals surface area contributed by atoms with Crippen LogP contribution in [-0.2, 0) is 9.53 Å². The van der Waals surface area contributed by atoms with Crippen molar-refractivity contribution in [1.82, 2.24) is 20.4 Å². The molecule has 2 N–H and O–H groups in total. The van der Waals surface area contributed by atoms with Gasteiger partial charge in [0.2, 0.25) is 5.91 Å². The maximum absolute atomic E-state index is 12.4. The number of guanidine groups is 1. The number of rotatable bonds is 7. The normalized spacial score (nSPS) is 15.6. The van der Waals surface area contributed by atoms with Crippen molar-refractivity contribution in [3.63, 3.8) is 0 Å². The zero-order valence-electron chi connectivity index (χ0n) is 21.4. The molecule has 1 rings (SSSR count). The molecule has 188 valence electrons. The third-order valence-corrected chi connectivity index (χ3v) is 5.10. The maximum atomic E-state index is 12.4. The van der Waals surface area contributed by atoms with Crippen molar-refractivity contribution < 1.29 is 14.3 Å². The molecule has 1 fully saturated rings. The van der Waals surface area contributed by atoms with Gasteiger partial charge in [0, 0.05) is 44.7 Å². The van der Waals surface area contributed by atoms with Crippen LogP contribution in [0.4, 0.5) is 4.79 Å². The van der Waals surface area contributed by atoms with E-state index in [1.54, 1.807) is 0 Å². The van der Waals surface area contributed by atoms with Crippen molar-refractivity contribution in [2.45, 2.75) is 73.8 Å². The van der Waals surface area contributed by atoms with E-state index in [-0.39, 0.29) is 41.4 Å². The minimum absolute atomic E-state index is 0. The van der Waals surface area contributed by atoms with E-state index in [1.165, 1.54) is 0 Å². The lowest BCUT2D eigenvalue weighted by Crippen LogP contribution is -2.48. The number of ether oxygens (including phenoxy) is 1. The predicted octanol–water partition coefficient (Wildman–Crippen LogP) is 3.70. The summed E-state index contributed by atoms with van der Waals surface area (Å²) in [7, 11) is 0. The monoisotopic (exact) mass is 567 g/mol. The van der Waals surface area contributed by atoms with E-state index in [0.29, 0.717) is 25.6 Å². The Morgan fingerprint density at radius 3 is 2.12 bits per heavy atom. The molecular weight excluding hydrogens is 521 g/mol. The summed E-state index contributed by atoms with van der Waals surface area (Å²) in [6.45, 7) is 20.5. The lowest BCUT2D eigenvalue weighted by Gasteiger charge is -2.36. The summed E-state index contributed by atoms with van der Waals surface area (Å²) >= 11 is 0. The number of hydrogen-bond acceptors (Lipinski definition) is 4. The number of piperidine rings is 1. The number of carbonyl (C=O) groups is 2. The van der Waals surface area contributed by atoms with Gasteiger partial charge in [-0.2, -0.15) is 0 Å². The summed E-state index contributed by atoms with van der Waals surface area (Å²) in [5.41, 5.74) is -0.862. The molecule has 1 aliphatic rings. The summed E-state index contributed by atoms with van der Waals surface area (Å²) in [5, 5.41) is 6.30. The summed E-state index contributed by atoms with van der Waals surface area (Å²) in [6, 6.07) is 0. The Kier molecular flexibility index (Phi) is 13.5. The van der Waals surface area contributed by atoms with Crippen LogP contribution in [0.3, 0.4) is 0 Å². The molecule has 0 unspecified atom stereocenters. The van der Waals surface area contributed by atoms with Gasteiger partial charge in [-0.25, -0.2) is 4.79 Å². The van der Waals surface area contributed by atoms with Crippen LogP contribution in [-0.4, -0.2) is 79.2 Å². The molecule has 1 saturated heterocycles. The average molecular weight is 568 g/mol. The molecule has 1 aliphatic heterocycles. The van der Waals surface area contributed by atoms with Crippen LogP contribution in [0.2, 0.25) is 0 Å². The topological polar surface area (TPSA) is 86.3 Å². The Labute approximate surface area is 212 Å². The molecule has 0 saturated carbocycles. The van der Waals surface area contributed by atoms with Crippen LogP contribution < -0.4 is 10.6 Å². The van der Waals surface area contributed by atoms with Crippen LogP contribution in [0.25, 0.3) is 0 Å². The second kappa shape index (κ2) is 14.1. The molecule has 0 aromatic carbocycles. The molecule has 0 aliphatic carbocycles. The number of halogens is 1. The highest BCUT2D eigenvalue weighted by molar-refractivity contribution is 14.0. The van der Waals surface area contributed by atoms with E-state index in [4.69, 9.17) is 9.73 Å². The SMILES string of the molecule is CCNC(=NCCNC(=O)C(C)(C)C)N1CCC(CN(CC)C(=O)OC(C)(C)C)CC1.I. The quantitative estimate of drug-likeness (QED) is 0.212. The maximum Gasteiger partial charge on any atom is 0.410 e. The summed E-state index contributed by atoms with van der Waals surface area (Å²) in [5.74, 6) is 1.39. The molecule has 0 spiro atoms. The number of likely N-dealkylation sites (tertiary alicyclic amines) is 1. The van der Waals surface area contributed by atoms with E-state index < -0.39 is 5.60 Å². The molecule has 0 atom stereocenters. The Morgan fingerprint density at radius 1 is 1.06 bits per heavy atom. The molecular formula is C23H46IN5O3. The number of aliphatic imine (C=N–C) groups is 1. The molecule has 0 bridgehead atoms. The van der Waals surface area contributed by atoms with E-state index in [9.17, 15) is 9.59 Å². The largest absolute Gasteiger partial charge is 0.444 e. The first kappa shape index (κ1) is 30.7. The average Bonchev–Trinajstić information content (AvgIpc) is 2.66. The van der Waals surface area contributed by atoms with E-state index in [1.807, 2.05) is 53.4 Å². The molecule has 9 heteroatoms. The molecule has 2 amide bonds. The highest BCUT2D eigenvalue weighted by Gasteiger charge is 2.27. The molecule has 0 aromatic rings. The first-order chi connectivity index (χ1) is 14.4. The van der Waals surface area contributed by atoms with Gasteiger partial charge >= 0.3 is 6.09 Å². The second-order valence-electron chi connectivity index (χ2n) is 10.2.